The van der Waals surface area contributed by atoms with Gasteiger partial charge in [-0.05, 0) is 28.8 Å². The minimum atomic E-state index is -0.447. The molecule has 4 nitrogen and oxygen atoms in total. The fourth-order valence-corrected chi connectivity index (χ4v) is 2.56. The molecule has 1 atom stereocenters. The van der Waals surface area contributed by atoms with E-state index >= 15 is 0 Å². The zero-order valence-corrected chi connectivity index (χ0v) is 14.5. The highest BCUT2D eigenvalue weighted by Crippen LogP contribution is 2.31. The van der Waals surface area contributed by atoms with Crippen LogP contribution in [-0.4, -0.2) is 11.7 Å². The number of ether oxygens (including phenoxy) is 2. The highest BCUT2D eigenvalue weighted by molar-refractivity contribution is 5.44. The molecule has 0 aliphatic heterocycles. The highest BCUT2D eigenvalue weighted by atomic mass is 16.5. The van der Waals surface area contributed by atoms with Crippen LogP contribution in [0.1, 0.15) is 22.7 Å². The monoisotopic (exact) mass is 349 g/mol. The SMILES string of the molecule is NC(CO)c1ccc(OCc2ccccc2)c(OCc2ccccc2)c1. The third-order valence-electron chi connectivity index (χ3n) is 4.07. The summed E-state index contributed by atoms with van der Waals surface area (Å²) in [7, 11) is 0. The Labute approximate surface area is 153 Å². The number of nitrogens with two attached hydrogens (primary N) is 1. The van der Waals surface area contributed by atoms with Gasteiger partial charge in [-0.2, -0.15) is 0 Å². The molecule has 134 valence electrons. The zero-order chi connectivity index (χ0) is 18.2. The molecule has 3 aromatic rings. The third-order valence-corrected chi connectivity index (χ3v) is 4.07. The van der Waals surface area contributed by atoms with Crippen LogP contribution in [0.15, 0.2) is 78.9 Å². The number of hydrogen-bond acceptors (Lipinski definition) is 4. The maximum atomic E-state index is 9.31. The van der Waals surface area contributed by atoms with Gasteiger partial charge in [0.2, 0.25) is 0 Å². The van der Waals surface area contributed by atoms with Crippen molar-refractivity contribution in [2.24, 2.45) is 5.73 Å². The van der Waals surface area contributed by atoms with E-state index in [-0.39, 0.29) is 6.61 Å². The number of aliphatic hydroxyl groups excluding tert-OH is 1. The summed E-state index contributed by atoms with van der Waals surface area (Å²) in [5.74, 6) is 1.27. The van der Waals surface area contributed by atoms with Crippen LogP contribution in [0.2, 0.25) is 0 Å². The van der Waals surface area contributed by atoms with Crippen molar-refractivity contribution in [2.75, 3.05) is 6.61 Å². The van der Waals surface area contributed by atoms with E-state index in [1.165, 1.54) is 0 Å². The van der Waals surface area contributed by atoms with Crippen LogP contribution >= 0.6 is 0 Å². The fourth-order valence-electron chi connectivity index (χ4n) is 2.56. The summed E-state index contributed by atoms with van der Waals surface area (Å²) >= 11 is 0. The Kier molecular flexibility index (Phi) is 6.25. The lowest BCUT2D eigenvalue weighted by molar-refractivity contribution is 0.252. The van der Waals surface area contributed by atoms with E-state index in [1.807, 2.05) is 78.9 Å². The first-order chi connectivity index (χ1) is 12.8. The standard InChI is InChI=1S/C22H23NO3/c23-20(14-24)19-11-12-21(25-15-17-7-3-1-4-8-17)22(13-19)26-16-18-9-5-2-6-10-18/h1-13,20,24H,14-16,23H2. The molecule has 0 aliphatic carbocycles. The quantitative estimate of drug-likeness (QED) is 0.648. The van der Waals surface area contributed by atoms with Crippen LogP contribution in [0.3, 0.4) is 0 Å². The van der Waals surface area contributed by atoms with Crippen molar-refractivity contribution in [3.8, 4) is 11.5 Å². The third kappa shape index (κ3) is 4.85. The summed E-state index contributed by atoms with van der Waals surface area (Å²) in [6, 6.07) is 25.0. The van der Waals surface area contributed by atoms with E-state index < -0.39 is 6.04 Å². The molecule has 0 fully saturated rings. The second kappa shape index (κ2) is 9.04. The average Bonchev–Trinajstić information content (AvgIpc) is 2.72. The molecule has 0 radical (unpaired) electrons. The molecule has 0 bridgehead atoms. The first-order valence-electron chi connectivity index (χ1n) is 8.60. The Balaban J connectivity index is 1.77. The first kappa shape index (κ1) is 18.0. The van der Waals surface area contributed by atoms with E-state index in [4.69, 9.17) is 15.2 Å². The number of benzene rings is 3. The van der Waals surface area contributed by atoms with Gasteiger partial charge in [0.25, 0.3) is 0 Å². The maximum Gasteiger partial charge on any atom is 0.162 e. The molecule has 0 spiro atoms. The molecule has 26 heavy (non-hydrogen) atoms. The van der Waals surface area contributed by atoms with Crippen molar-refractivity contribution in [2.45, 2.75) is 19.3 Å². The molecule has 0 saturated heterocycles. The first-order valence-corrected chi connectivity index (χ1v) is 8.60. The molecule has 0 aliphatic rings. The second-order valence-corrected chi connectivity index (χ2v) is 6.04. The minimum Gasteiger partial charge on any atom is -0.485 e. The molecule has 0 aromatic heterocycles. The van der Waals surface area contributed by atoms with Crippen LogP contribution in [0.25, 0.3) is 0 Å². The molecule has 0 saturated carbocycles. The molecule has 3 N–H and O–H groups in total. The Morgan fingerprint density at radius 1 is 0.731 bits per heavy atom. The van der Waals surface area contributed by atoms with E-state index in [0.29, 0.717) is 24.7 Å². The summed E-state index contributed by atoms with van der Waals surface area (Å²) < 4.78 is 11.9. The lowest BCUT2D eigenvalue weighted by Crippen LogP contribution is -2.14. The predicted molar refractivity (Wildman–Crippen MR) is 102 cm³/mol. The fraction of sp³-hybridized carbons (Fsp3) is 0.182. The Bertz CT molecular complexity index is 806. The van der Waals surface area contributed by atoms with E-state index in [2.05, 4.69) is 0 Å². The highest BCUT2D eigenvalue weighted by Gasteiger charge is 2.12. The van der Waals surface area contributed by atoms with Gasteiger partial charge in [-0.1, -0.05) is 66.7 Å². The summed E-state index contributed by atoms with van der Waals surface area (Å²) in [4.78, 5) is 0. The zero-order valence-electron chi connectivity index (χ0n) is 14.5. The largest absolute Gasteiger partial charge is 0.485 e. The van der Waals surface area contributed by atoms with Crippen molar-refractivity contribution in [3.05, 3.63) is 95.6 Å². The Morgan fingerprint density at radius 3 is 1.81 bits per heavy atom. The van der Waals surface area contributed by atoms with Crippen molar-refractivity contribution in [1.82, 2.24) is 0 Å². The van der Waals surface area contributed by atoms with E-state index in [9.17, 15) is 5.11 Å². The molecular weight excluding hydrogens is 326 g/mol. The van der Waals surface area contributed by atoms with Gasteiger partial charge in [-0.3, -0.25) is 0 Å². The normalized spacial score (nSPS) is 11.8. The van der Waals surface area contributed by atoms with Crippen LogP contribution < -0.4 is 15.2 Å². The average molecular weight is 349 g/mol. The van der Waals surface area contributed by atoms with Crippen LogP contribution in [0.5, 0.6) is 11.5 Å². The van der Waals surface area contributed by atoms with Crippen molar-refractivity contribution in [1.29, 1.82) is 0 Å². The van der Waals surface area contributed by atoms with Gasteiger partial charge in [0.1, 0.15) is 13.2 Å². The van der Waals surface area contributed by atoms with E-state index in [1.54, 1.807) is 0 Å². The minimum absolute atomic E-state index is 0.123. The van der Waals surface area contributed by atoms with Gasteiger partial charge in [0, 0.05) is 0 Å². The van der Waals surface area contributed by atoms with Crippen molar-refractivity contribution >= 4 is 0 Å². The molecule has 1 unspecified atom stereocenters. The van der Waals surface area contributed by atoms with Gasteiger partial charge < -0.3 is 20.3 Å². The Hall–Kier alpha value is -2.82. The molecule has 4 heteroatoms. The number of aliphatic hydroxyl groups is 1. The van der Waals surface area contributed by atoms with Gasteiger partial charge in [0.05, 0.1) is 12.6 Å². The summed E-state index contributed by atoms with van der Waals surface area (Å²) in [6.45, 7) is 0.761. The second-order valence-electron chi connectivity index (χ2n) is 6.04. The maximum absolute atomic E-state index is 9.31. The van der Waals surface area contributed by atoms with Gasteiger partial charge in [-0.25, -0.2) is 0 Å². The predicted octanol–water partition coefficient (Wildman–Crippen LogP) is 3.84. The van der Waals surface area contributed by atoms with E-state index in [0.717, 1.165) is 16.7 Å². The summed E-state index contributed by atoms with van der Waals surface area (Å²) in [5.41, 5.74) is 8.90. The van der Waals surface area contributed by atoms with Crippen molar-refractivity contribution in [3.63, 3.8) is 0 Å². The number of rotatable bonds is 8. The van der Waals surface area contributed by atoms with Crippen LogP contribution in [-0.2, 0) is 13.2 Å². The van der Waals surface area contributed by atoms with Gasteiger partial charge in [0.15, 0.2) is 11.5 Å². The molecule has 0 heterocycles. The topological polar surface area (TPSA) is 64.7 Å². The molecule has 3 rings (SSSR count). The van der Waals surface area contributed by atoms with Gasteiger partial charge in [-0.15, -0.1) is 0 Å². The smallest absolute Gasteiger partial charge is 0.162 e. The lowest BCUT2D eigenvalue weighted by Gasteiger charge is -2.16. The summed E-state index contributed by atoms with van der Waals surface area (Å²) in [5, 5.41) is 9.31. The summed E-state index contributed by atoms with van der Waals surface area (Å²) in [6.07, 6.45) is 0. The van der Waals surface area contributed by atoms with Crippen molar-refractivity contribution < 1.29 is 14.6 Å². The van der Waals surface area contributed by atoms with Crippen LogP contribution in [0.4, 0.5) is 0 Å². The van der Waals surface area contributed by atoms with Gasteiger partial charge >= 0.3 is 0 Å². The van der Waals surface area contributed by atoms with Crippen LogP contribution in [0, 0.1) is 0 Å². The number of hydrogen-bond donors (Lipinski definition) is 2. The molecular formula is C22H23NO3. The lowest BCUT2D eigenvalue weighted by atomic mass is 10.1. The Morgan fingerprint density at radius 2 is 1.27 bits per heavy atom. The molecule has 3 aromatic carbocycles. The molecule has 0 amide bonds.